The Hall–Kier alpha value is -3.34. The molecule has 0 aliphatic heterocycles. The van der Waals surface area contributed by atoms with E-state index in [-0.39, 0.29) is 17.0 Å². The van der Waals surface area contributed by atoms with Crippen molar-refractivity contribution in [2.24, 2.45) is 0 Å². The van der Waals surface area contributed by atoms with Crippen molar-refractivity contribution in [2.75, 3.05) is 0 Å². The molecule has 0 amide bonds. The molecule has 0 atom stereocenters. The highest BCUT2D eigenvalue weighted by molar-refractivity contribution is 5.89. The average molecular weight is 305 g/mol. The van der Waals surface area contributed by atoms with Gasteiger partial charge in [-0.3, -0.25) is 0 Å². The summed E-state index contributed by atoms with van der Waals surface area (Å²) in [6.45, 7) is 0. The summed E-state index contributed by atoms with van der Waals surface area (Å²) in [5.74, 6) is 0.345. The Kier molecular flexibility index (Phi) is 2.98. The molecule has 0 bridgehead atoms. The molecule has 0 fully saturated rings. The molecule has 2 heterocycles. The standard InChI is InChI=1S/C18H11NO4/c20-17-12-8-4-5-9-14(12)22-18(21)16(17)13-10-15(23-19-13)11-6-2-1-3-7-11/h1-10,20H. The number of rotatable bonds is 2. The molecule has 2 aromatic heterocycles. The summed E-state index contributed by atoms with van der Waals surface area (Å²) in [5, 5.41) is 14.8. The van der Waals surface area contributed by atoms with E-state index in [0.29, 0.717) is 16.7 Å². The number of fused-ring (bicyclic) bond motifs is 1. The molecule has 0 radical (unpaired) electrons. The first kappa shape index (κ1) is 13.3. The Morgan fingerprint density at radius 2 is 1.70 bits per heavy atom. The maximum absolute atomic E-state index is 12.2. The molecule has 1 N–H and O–H groups in total. The second-order valence-electron chi connectivity index (χ2n) is 5.05. The predicted octanol–water partition coefficient (Wildman–Crippen LogP) is 3.82. The monoisotopic (exact) mass is 305 g/mol. The van der Waals surface area contributed by atoms with Gasteiger partial charge in [-0.05, 0) is 12.1 Å². The van der Waals surface area contributed by atoms with Crippen LogP contribution in [0.15, 0.2) is 74.4 Å². The molecule has 0 spiro atoms. The maximum Gasteiger partial charge on any atom is 0.349 e. The van der Waals surface area contributed by atoms with Gasteiger partial charge < -0.3 is 14.0 Å². The van der Waals surface area contributed by atoms with Crippen molar-refractivity contribution in [3.05, 3.63) is 71.1 Å². The van der Waals surface area contributed by atoms with Crippen LogP contribution in [0.4, 0.5) is 0 Å². The number of hydrogen-bond acceptors (Lipinski definition) is 5. The van der Waals surface area contributed by atoms with Crippen molar-refractivity contribution in [1.82, 2.24) is 5.16 Å². The molecule has 5 nitrogen and oxygen atoms in total. The molecule has 0 aliphatic carbocycles. The number of para-hydroxylation sites is 1. The molecular weight excluding hydrogens is 294 g/mol. The first-order valence-electron chi connectivity index (χ1n) is 7.01. The summed E-state index contributed by atoms with van der Waals surface area (Å²) in [6, 6.07) is 17.8. The molecular formula is C18H11NO4. The fourth-order valence-corrected chi connectivity index (χ4v) is 2.49. The molecule has 112 valence electrons. The van der Waals surface area contributed by atoms with Crippen molar-refractivity contribution < 1.29 is 14.0 Å². The van der Waals surface area contributed by atoms with Gasteiger partial charge in [-0.1, -0.05) is 47.6 Å². The van der Waals surface area contributed by atoms with Gasteiger partial charge >= 0.3 is 5.63 Å². The normalized spacial score (nSPS) is 11.0. The molecule has 2 aromatic carbocycles. The van der Waals surface area contributed by atoms with Crippen molar-refractivity contribution in [3.63, 3.8) is 0 Å². The van der Waals surface area contributed by atoms with E-state index in [1.54, 1.807) is 30.3 Å². The van der Waals surface area contributed by atoms with Crippen LogP contribution in [0.2, 0.25) is 0 Å². The van der Waals surface area contributed by atoms with E-state index in [1.165, 1.54) is 0 Å². The molecule has 0 unspecified atom stereocenters. The fourth-order valence-electron chi connectivity index (χ4n) is 2.49. The van der Waals surface area contributed by atoms with Gasteiger partial charge in [0.15, 0.2) is 5.76 Å². The first-order valence-corrected chi connectivity index (χ1v) is 7.01. The Morgan fingerprint density at radius 3 is 2.52 bits per heavy atom. The Balaban J connectivity index is 1.90. The molecule has 0 saturated heterocycles. The van der Waals surface area contributed by atoms with Gasteiger partial charge in [0, 0.05) is 11.6 Å². The number of aromatic hydroxyl groups is 1. The van der Waals surface area contributed by atoms with Crippen molar-refractivity contribution in [3.8, 4) is 28.3 Å². The summed E-state index contributed by atoms with van der Waals surface area (Å²) < 4.78 is 10.5. The van der Waals surface area contributed by atoms with E-state index in [4.69, 9.17) is 8.94 Å². The molecule has 5 heteroatoms. The summed E-state index contributed by atoms with van der Waals surface area (Å²) in [6.07, 6.45) is 0. The van der Waals surface area contributed by atoms with E-state index >= 15 is 0 Å². The largest absolute Gasteiger partial charge is 0.506 e. The summed E-state index contributed by atoms with van der Waals surface area (Å²) in [4.78, 5) is 12.2. The lowest BCUT2D eigenvalue weighted by Crippen LogP contribution is -2.03. The van der Waals surface area contributed by atoms with Crippen LogP contribution in [0, 0.1) is 0 Å². The van der Waals surface area contributed by atoms with E-state index in [1.807, 2.05) is 30.3 Å². The van der Waals surface area contributed by atoms with Crippen LogP contribution in [0.25, 0.3) is 33.6 Å². The number of aromatic nitrogens is 1. The minimum absolute atomic E-state index is 0.00497. The van der Waals surface area contributed by atoms with E-state index < -0.39 is 5.63 Å². The van der Waals surface area contributed by atoms with Crippen molar-refractivity contribution in [2.45, 2.75) is 0 Å². The topological polar surface area (TPSA) is 76.5 Å². The van der Waals surface area contributed by atoms with Gasteiger partial charge in [0.1, 0.15) is 22.6 Å². The second-order valence-corrected chi connectivity index (χ2v) is 5.05. The SMILES string of the molecule is O=c1oc2ccccc2c(O)c1-c1cc(-c2ccccc2)on1. The molecule has 0 aliphatic rings. The highest BCUT2D eigenvalue weighted by Crippen LogP contribution is 2.34. The van der Waals surface area contributed by atoms with Crippen LogP contribution in [-0.2, 0) is 0 Å². The van der Waals surface area contributed by atoms with Crippen LogP contribution in [0.3, 0.4) is 0 Å². The summed E-state index contributed by atoms with van der Waals surface area (Å²) >= 11 is 0. The Labute approximate surface area is 130 Å². The zero-order valence-corrected chi connectivity index (χ0v) is 11.9. The molecule has 4 rings (SSSR count). The highest BCUT2D eigenvalue weighted by atomic mass is 16.5. The third kappa shape index (κ3) is 2.19. The maximum atomic E-state index is 12.2. The molecule has 4 aromatic rings. The van der Waals surface area contributed by atoms with E-state index in [9.17, 15) is 9.90 Å². The minimum atomic E-state index is -0.658. The number of hydrogen-bond donors (Lipinski definition) is 1. The molecule has 23 heavy (non-hydrogen) atoms. The lowest BCUT2D eigenvalue weighted by Gasteiger charge is -2.03. The van der Waals surface area contributed by atoms with Crippen LogP contribution in [0.1, 0.15) is 0 Å². The Morgan fingerprint density at radius 1 is 0.957 bits per heavy atom. The second kappa shape index (κ2) is 5.14. The van der Waals surface area contributed by atoms with Crippen LogP contribution < -0.4 is 5.63 Å². The predicted molar refractivity (Wildman–Crippen MR) is 85.1 cm³/mol. The highest BCUT2D eigenvalue weighted by Gasteiger charge is 2.19. The van der Waals surface area contributed by atoms with E-state index in [0.717, 1.165) is 5.56 Å². The van der Waals surface area contributed by atoms with Crippen molar-refractivity contribution >= 4 is 11.0 Å². The minimum Gasteiger partial charge on any atom is -0.506 e. The smallest absolute Gasteiger partial charge is 0.349 e. The summed E-state index contributed by atoms with van der Waals surface area (Å²) in [5.41, 5.74) is 0.728. The van der Waals surface area contributed by atoms with Crippen LogP contribution in [0.5, 0.6) is 5.75 Å². The number of benzene rings is 2. The van der Waals surface area contributed by atoms with Gasteiger partial charge in [0.05, 0.1) is 5.39 Å². The zero-order chi connectivity index (χ0) is 15.8. The zero-order valence-electron chi connectivity index (χ0n) is 11.9. The number of nitrogens with zero attached hydrogens (tertiary/aromatic N) is 1. The van der Waals surface area contributed by atoms with Gasteiger partial charge in [0.25, 0.3) is 0 Å². The lowest BCUT2D eigenvalue weighted by molar-refractivity contribution is 0.431. The first-order chi connectivity index (χ1) is 11.2. The van der Waals surface area contributed by atoms with Crippen LogP contribution in [-0.4, -0.2) is 10.3 Å². The van der Waals surface area contributed by atoms with Gasteiger partial charge in [0.2, 0.25) is 0 Å². The van der Waals surface area contributed by atoms with Gasteiger partial charge in [-0.2, -0.15) is 0 Å². The molecule has 0 saturated carbocycles. The van der Waals surface area contributed by atoms with Gasteiger partial charge in [-0.25, -0.2) is 4.79 Å². The Bertz CT molecular complexity index is 1050. The quantitative estimate of drug-likeness (QED) is 0.570. The average Bonchev–Trinajstić information content (AvgIpc) is 3.05. The third-order valence-electron chi connectivity index (χ3n) is 3.61. The van der Waals surface area contributed by atoms with Crippen molar-refractivity contribution in [1.29, 1.82) is 0 Å². The fraction of sp³-hybridized carbons (Fsp3) is 0. The van der Waals surface area contributed by atoms with Crippen LogP contribution >= 0.6 is 0 Å². The van der Waals surface area contributed by atoms with Gasteiger partial charge in [-0.15, -0.1) is 0 Å². The summed E-state index contributed by atoms with van der Waals surface area (Å²) in [7, 11) is 0. The van der Waals surface area contributed by atoms with E-state index in [2.05, 4.69) is 5.16 Å². The lowest BCUT2D eigenvalue weighted by atomic mass is 10.1. The third-order valence-corrected chi connectivity index (χ3v) is 3.61.